The van der Waals surface area contributed by atoms with Gasteiger partial charge in [-0.1, -0.05) is 158 Å². The van der Waals surface area contributed by atoms with Gasteiger partial charge in [0, 0.05) is 33.8 Å². The van der Waals surface area contributed by atoms with Crippen LogP contribution in [0.15, 0.2) is 217 Å². The highest BCUT2D eigenvalue weighted by Gasteiger charge is 2.21. The zero-order chi connectivity index (χ0) is 35.8. The molecule has 10 rings (SSSR count). The lowest BCUT2D eigenvalue weighted by atomic mass is 9.94. The molecule has 0 aliphatic rings. The molecule has 2 heteroatoms. The molecule has 0 bridgehead atoms. The average molecular weight is 690 g/mol. The third-order valence-corrected chi connectivity index (χ3v) is 10.4. The van der Waals surface area contributed by atoms with Crippen molar-refractivity contribution >= 4 is 49.8 Å². The van der Waals surface area contributed by atoms with Crippen molar-refractivity contribution in [2.75, 3.05) is 4.90 Å². The molecule has 0 radical (unpaired) electrons. The van der Waals surface area contributed by atoms with Gasteiger partial charge in [-0.3, -0.25) is 0 Å². The predicted octanol–water partition coefficient (Wildman–Crippen LogP) is 14.9. The standard InChI is InChI=1S/C52H35NO/c1-3-15-36(16-4-1)41-32-42(37-17-5-2-6-18-37)34-44(33-41)53(43-29-30-49-48-25-10-12-28-51(48)54-52(49)35-43)50-27-11-9-24-47(50)40-22-13-21-39(31-40)46-26-14-20-38-19-7-8-23-45(38)46/h1-35H. The minimum atomic E-state index is 0.858. The second-order valence-electron chi connectivity index (χ2n) is 13.7. The van der Waals surface area contributed by atoms with Crippen LogP contribution in [0.25, 0.3) is 77.2 Å². The molecule has 0 saturated carbocycles. The largest absolute Gasteiger partial charge is 0.456 e. The van der Waals surface area contributed by atoms with E-state index in [9.17, 15) is 0 Å². The summed E-state index contributed by atoms with van der Waals surface area (Å²) in [6.45, 7) is 0. The molecule has 1 heterocycles. The maximum Gasteiger partial charge on any atom is 0.137 e. The molecule has 10 aromatic rings. The van der Waals surface area contributed by atoms with Gasteiger partial charge in [-0.05, 0) is 98.2 Å². The highest BCUT2D eigenvalue weighted by Crippen LogP contribution is 2.45. The first-order valence-corrected chi connectivity index (χ1v) is 18.4. The number of hydrogen-bond donors (Lipinski definition) is 0. The summed E-state index contributed by atoms with van der Waals surface area (Å²) >= 11 is 0. The van der Waals surface area contributed by atoms with E-state index in [1.165, 1.54) is 33.0 Å². The van der Waals surface area contributed by atoms with Crippen molar-refractivity contribution < 1.29 is 4.42 Å². The zero-order valence-corrected chi connectivity index (χ0v) is 29.6. The van der Waals surface area contributed by atoms with Crippen LogP contribution < -0.4 is 4.90 Å². The molecule has 0 saturated heterocycles. The average Bonchev–Trinajstić information content (AvgIpc) is 3.62. The number of nitrogens with zero attached hydrogens (tertiary/aromatic N) is 1. The van der Waals surface area contributed by atoms with Crippen molar-refractivity contribution in [1.29, 1.82) is 0 Å². The summed E-state index contributed by atoms with van der Waals surface area (Å²) in [5.41, 5.74) is 14.2. The van der Waals surface area contributed by atoms with Crippen molar-refractivity contribution in [3.05, 3.63) is 212 Å². The molecule has 0 N–H and O–H groups in total. The van der Waals surface area contributed by atoms with Gasteiger partial charge in [0.1, 0.15) is 11.2 Å². The van der Waals surface area contributed by atoms with Gasteiger partial charge in [0.25, 0.3) is 0 Å². The van der Waals surface area contributed by atoms with E-state index >= 15 is 0 Å². The number of furan rings is 1. The number of fused-ring (bicyclic) bond motifs is 4. The van der Waals surface area contributed by atoms with E-state index in [4.69, 9.17) is 4.42 Å². The molecule has 0 aliphatic carbocycles. The lowest BCUT2D eigenvalue weighted by Gasteiger charge is -2.29. The summed E-state index contributed by atoms with van der Waals surface area (Å²) in [5.74, 6) is 0. The van der Waals surface area contributed by atoms with Crippen LogP contribution in [0.1, 0.15) is 0 Å². The van der Waals surface area contributed by atoms with E-state index in [0.717, 1.165) is 61.3 Å². The van der Waals surface area contributed by atoms with Crippen molar-refractivity contribution in [2.24, 2.45) is 0 Å². The van der Waals surface area contributed by atoms with Crippen molar-refractivity contribution in [3.63, 3.8) is 0 Å². The molecule has 0 aliphatic heterocycles. The van der Waals surface area contributed by atoms with Gasteiger partial charge >= 0.3 is 0 Å². The molecule has 2 nitrogen and oxygen atoms in total. The Morgan fingerprint density at radius 3 is 1.61 bits per heavy atom. The van der Waals surface area contributed by atoms with Crippen LogP contribution in [0.3, 0.4) is 0 Å². The second kappa shape index (κ2) is 13.4. The normalized spacial score (nSPS) is 11.3. The van der Waals surface area contributed by atoms with E-state index in [1.807, 2.05) is 12.1 Å². The Balaban J connectivity index is 1.21. The lowest BCUT2D eigenvalue weighted by molar-refractivity contribution is 0.669. The predicted molar refractivity (Wildman–Crippen MR) is 228 cm³/mol. The smallest absolute Gasteiger partial charge is 0.137 e. The fraction of sp³-hybridized carbons (Fsp3) is 0. The summed E-state index contributed by atoms with van der Waals surface area (Å²) in [5, 5.41) is 4.71. The van der Waals surface area contributed by atoms with E-state index in [1.54, 1.807) is 0 Å². The molecule has 9 aromatic carbocycles. The molecular formula is C52H35NO. The van der Waals surface area contributed by atoms with Crippen LogP contribution in [0, 0.1) is 0 Å². The van der Waals surface area contributed by atoms with Gasteiger partial charge < -0.3 is 9.32 Å². The van der Waals surface area contributed by atoms with Crippen LogP contribution in [-0.4, -0.2) is 0 Å². The topological polar surface area (TPSA) is 16.4 Å². The lowest BCUT2D eigenvalue weighted by Crippen LogP contribution is -2.11. The highest BCUT2D eigenvalue weighted by molar-refractivity contribution is 6.06. The van der Waals surface area contributed by atoms with Gasteiger partial charge in [-0.2, -0.15) is 0 Å². The van der Waals surface area contributed by atoms with Gasteiger partial charge in [-0.15, -0.1) is 0 Å². The molecular weight excluding hydrogens is 655 g/mol. The number of para-hydroxylation sites is 2. The number of anilines is 3. The minimum absolute atomic E-state index is 0.858. The van der Waals surface area contributed by atoms with Crippen LogP contribution in [0.5, 0.6) is 0 Å². The Morgan fingerprint density at radius 2 is 0.833 bits per heavy atom. The first-order chi connectivity index (χ1) is 26.8. The van der Waals surface area contributed by atoms with Gasteiger partial charge in [0.15, 0.2) is 0 Å². The third kappa shape index (κ3) is 5.71. The molecule has 0 spiro atoms. The summed E-state index contributed by atoms with van der Waals surface area (Å²) in [6, 6.07) is 76.0. The second-order valence-corrected chi connectivity index (χ2v) is 13.7. The summed E-state index contributed by atoms with van der Waals surface area (Å²) in [4.78, 5) is 2.39. The first kappa shape index (κ1) is 31.6. The number of hydrogen-bond acceptors (Lipinski definition) is 2. The highest BCUT2D eigenvalue weighted by atomic mass is 16.3. The number of rotatable bonds is 7. The molecule has 254 valence electrons. The molecule has 0 atom stereocenters. The number of benzene rings is 9. The third-order valence-electron chi connectivity index (χ3n) is 10.4. The molecule has 0 amide bonds. The Hall–Kier alpha value is -7.16. The van der Waals surface area contributed by atoms with E-state index in [2.05, 4.69) is 205 Å². The van der Waals surface area contributed by atoms with Gasteiger partial charge in [0.05, 0.1) is 5.69 Å². The maximum atomic E-state index is 6.49. The summed E-state index contributed by atoms with van der Waals surface area (Å²) < 4.78 is 6.49. The summed E-state index contributed by atoms with van der Waals surface area (Å²) in [7, 11) is 0. The fourth-order valence-corrected chi connectivity index (χ4v) is 7.86. The van der Waals surface area contributed by atoms with E-state index < -0.39 is 0 Å². The van der Waals surface area contributed by atoms with Crippen molar-refractivity contribution in [3.8, 4) is 44.5 Å². The molecule has 54 heavy (non-hydrogen) atoms. The van der Waals surface area contributed by atoms with Crippen LogP contribution in [0.2, 0.25) is 0 Å². The summed E-state index contributed by atoms with van der Waals surface area (Å²) in [6.07, 6.45) is 0. The van der Waals surface area contributed by atoms with Crippen LogP contribution in [-0.2, 0) is 0 Å². The SMILES string of the molecule is c1ccc(-c2cc(-c3ccccc3)cc(N(c3ccc4c(c3)oc3ccccc34)c3ccccc3-c3cccc(-c4cccc5ccccc45)c3)c2)cc1. The fourth-order valence-electron chi connectivity index (χ4n) is 7.86. The molecule has 1 aromatic heterocycles. The maximum absolute atomic E-state index is 6.49. The quantitative estimate of drug-likeness (QED) is 0.166. The molecule has 0 unspecified atom stereocenters. The van der Waals surface area contributed by atoms with Crippen molar-refractivity contribution in [1.82, 2.24) is 0 Å². The van der Waals surface area contributed by atoms with Crippen LogP contribution in [0.4, 0.5) is 17.1 Å². The first-order valence-electron chi connectivity index (χ1n) is 18.4. The molecule has 0 fully saturated rings. The van der Waals surface area contributed by atoms with Gasteiger partial charge in [0.2, 0.25) is 0 Å². The zero-order valence-electron chi connectivity index (χ0n) is 29.6. The Kier molecular flexibility index (Phi) is 7.85. The Labute approximate surface area is 314 Å². The van der Waals surface area contributed by atoms with Gasteiger partial charge in [-0.25, -0.2) is 0 Å². The minimum Gasteiger partial charge on any atom is -0.456 e. The van der Waals surface area contributed by atoms with Crippen LogP contribution >= 0.6 is 0 Å². The van der Waals surface area contributed by atoms with E-state index in [-0.39, 0.29) is 0 Å². The van der Waals surface area contributed by atoms with E-state index in [0.29, 0.717) is 0 Å². The Morgan fingerprint density at radius 1 is 0.296 bits per heavy atom. The van der Waals surface area contributed by atoms with Crippen molar-refractivity contribution in [2.45, 2.75) is 0 Å². The monoisotopic (exact) mass is 689 g/mol. The Bertz CT molecular complexity index is 2880.